The monoisotopic (exact) mass is 671 g/mol. The van der Waals surface area contributed by atoms with Crippen LogP contribution in [-0.4, -0.2) is 39.1 Å². The van der Waals surface area contributed by atoms with Crippen molar-refractivity contribution in [1.82, 2.24) is 20.3 Å². The SMILES string of the molecule is C.Cl.NCCCCc1cn(CC(=O)NCCc2ccc(O)cc2)nn1.[Cm].[Co]. The van der Waals surface area contributed by atoms with Gasteiger partial charge in [0.2, 0.25) is 5.91 Å². The van der Waals surface area contributed by atoms with Crippen molar-refractivity contribution in [3.05, 3.63) is 41.7 Å². The predicted molar refractivity (Wildman–Crippen MR) is 101 cm³/mol. The number of carbonyl (C=O) groups is 1. The average Bonchev–Trinajstić information content (AvgIpc) is 2.97. The number of hydrogen-bond donors (Lipinski definition) is 3. The van der Waals surface area contributed by atoms with E-state index in [2.05, 4.69) is 15.6 Å². The number of benzene rings is 1. The minimum Gasteiger partial charge on any atom is -0.508 e. The number of unbranched alkanes of at least 4 members (excludes halogenated alkanes) is 1. The van der Waals surface area contributed by atoms with E-state index in [1.807, 2.05) is 12.1 Å². The first-order chi connectivity index (χ1) is 11.2. The van der Waals surface area contributed by atoms with Crippen LogP contribution in [0.4, 0.5) is 0 Å². The second-order valence-corrected chi connectivity index (χ2v) is 5.42. The Morgan fingerprint density at radius 3 is 2.48 bits per heavy atom. The van der Waals surface area contributed by atoms with Gasteiger partial charge in [-0.15, -0.1) is 17.5 Å². The molecule has 0 saturated carbocycles. The zero-order chi connectivity index (χ0) is 16.5. The maximum atomic E-state index is 11.9. The first-order valence-corrected chi connectivity index (χ1v) is 7.81. The van der Waals surface area contributed by atoms with E-state index in [0.29, 0.717) is 19.5 Å². The van der Waals surface area contributed by atoms with E-state index in [0.717, 1.165) is 30.5 Å². The van der Waals surface area contributed by atoms with Gasteiger partial charge in [0.1, 0.15) is 12.3 Å². The molecule has 1 aromatic heterocycles. The van der Waals surface area contributed by atoms with E-state index in [9.17, 15) is 9.90 Å². The number of carbonyl (C=O) groups excluding carboxylic acids is 1. The molecule has 0 unspecified atom stereocenters. The van der Waals surface area contributed by atoms with Gasteiger partial charge >= 0.3 is 0 Å². The molecule has 0 saturated heterocycles. The minimum atomic E-state index is -0.0952. The van der Waals surface area contributed by atoms with Crippen molar-refractivity contribution in [3.8, 4) is 5.75 Å². The molecule has 4 N–H and O–H groups in total. The molecule has 1 aromatic carbocycles. The van der Waals surface area contributed by atoms with Crippen LogP contribution in [0, 0.1) is 0 Å². The summed E-state index contributed by atoms with van der Waals surface area (Å²) in [7, 11) is 0. The van der Waals surface area contributed by atoms with Gasteiger partial charge in [0, 0.05) is 29.5 Å². The van der Waals surface area contributed by atoms with E-state index in [-0.39, 0.29) is 54.8 Å². The van der Waals surface area contributed by atoms with E-state index >= 15 is 0 Å². The number of phenols is 1. The molecule has 1 heterocycles. The fourth-order valence-corrected chi connectivity index (χ4v) is 2.19. The average molecular weight is 676 g/mol. The summed E-state index contributed by atoms with van der Waals surface area (Å²) in [5.74, 6) is 0.147. The van der Waals surface area contributed by atoms with Gasteiger partial charge in [-0.25, -0.2) is 4.68 Å². The van der Waals surface area contributed by atoms with Crippen molar-refractivity contribution in [3.63, 3.8) is 0 Å². The summed E-state index contributed by atoms with van der Waals surface area (Å²) < 4.78 is 1.55. The summed E-state index contributed by atoms with van der Waals surface area (Å²) in [4.78, 5) is 11.9. The van der Waals surface area contributed by atoms with Crippen molar-refractivity contribution in [2.24, 2.45) is 5.73 Å². The number of aryl methyl sites for hydroxylation is 1. The molecule has 0 spiro atoms. The molecule has 0 bridgehead atoms. The first-order valence-electron chi connectivity index (χ1n) is 7.81. The van der Waals surface area contributed by atoms with Crippen LogP contribution in [0.1, 0.15) is 31.5 Å². The van der Waals surface area contributed by atoms with E-state index in [1.54, 1.807) is 23.0 Å². The zero-order valence-corrected chi connectivity index (χ0v) is 19.0. The molecule has 0 aliphatic carbocycles. The number of amides is 1. The Labute approximate surface area is 171 Å². The molecule has 0 aliphatic heterocycles. The minimum absolute atomic E-state index is 0. The Morgan fingerprint density at radius 1 is 1.19 bits per heavy atom. The van der Waals surface area contributed by atoms with Crippen LogP contribution in [-0.2, 0) is 41.0 Å². The van der Waals surface area contributed by atoms with E-state index < -0.39 is 0 Å². The molecule has 157 valence electrons. The number of hydrogen-bond acceptors (Lipinski definition) is 5. The first kappa shape index (κ1) is 29.2. The summed E-state index contributed by atoms with van der Waals surface area (Å²) in [6.07, 6.45) is 5.29. The molecule has 0 aliphatic rings. The molecular weight excluding hydrogens is 648 g/mol. The molecule has 1 amide bonds. The van der Waals surface area contributed by atoms with Crippen molar-refractivity contribution >= 4 is 18.3 Å². The third-order valence-corrected chi connectivity index (χ3v) is 3.45. The second-order valence-electron chi connectivity index (χ2n) is 5.42. The number of nitrogens with zero attached hydrogens (tertiary/aromatic N) is 3. The van der Waals surface area contributed by atoms with Gasteiger partial charge in [-0.1, -0.05) is 24.8 Å². The van der Waals surface area contributed by atoms with E-state index in [4.69, 9.17) is 5.73 Å². The number of nitrogens with one attached hydrogen (secondary N) is 1. The molecule has 2 aromatic rings. The zero-order valence-electron chi connectivity index (χ0n) is 14.2. The number of halogens is 1. The Hall–Kier alpha value is -2.61. The third kappa shape index (κ3) is 10.9. The number of rotatable bonds is 9. The van der Waals surface area contributed by atoms with Gasteiger partial charge in [-0.3, -0.25) is 4.79 Å². The molecule has 0 fully saturated rings. The van der Waals surface area contributed by atoms with Crippen molar-refractivity contribution in [1.29, 1.82) is 0 Å². The maximum absolute atomic E-state index is 11.9. The third-order valence-electron chi connectivity index (χ3n) is 3.45. The predicted octanol–water partition coefficient (Wildman–Crippen LogP) is 1.68. The molecule has 27 heavy (non-hydrogen) atoms. The second kappa shape index (κ2) is 15.6. The fourth-order valence-electron chi connectivity index (χ4n) is 2.19. The van der Waals surface area contributed by atoms with Crippen LogP contribution in [0.5, 0.6) is 5.75 Å². The number of aromatic hydroxyl groups is 1. The number of nitrogens with two attached hydrogens (primary N) is 1. The quantitative estimate of drug-likeness (QED) is 0.351. The summed E-state index contributed by atoms with van der Waals surface area (Å²) in [5.41, 5.74) is 7.40. The standard InChI is InChI=1S/C16H23N5O2.CH4.ClH.Cm.Co/c17-9-2-1-3-14-11-21(20-19-14)12-16(23)18-10-8-13-4-6-15(22)7-5-13;;;;/h4-7,11,22H,1-3,8-10,12,17H2,(H,18,23);1H4;1H;;. The number of phenolic OH excluding ortho intramolecular Hbond substituents is 1. The van der Waals surface area contributed by atoms with Gasteiger partial charge in [-0.2, -0.15) is 0 Å². The van der Waals surface area contributed by atoms with Gasteiger partial charge in [-0.05, 0) is 49.9 Å². The fraction of sp³-hybridized carbons (Fsp3) is 0.471. The molecule has 2 rings (SSSR count). The molecule has 0 atom stereocenters. The molecule has 10 heteroatoms. The van der Waals surface area contributed by atoms with Gasteiger partial charge < -0.3 is 16.2 Å². The van der Waals surface area contributed by atoms with Crippen LogP contribution in [0.25, 0.3) is 0 Å². The smallest absolute Gasteiger partial charge is 0.241 e. The topological polar surface area (TPSA) is 106 Å². The van der Waals surface area contributed by atoms with Crippen LogP contribution < -0.4 is 11.1 Å². The Kier molecular flexibility index (Phi) is 16.9. The summed E-state index contributed by atoms with van der Waals surface area (Å²) in [6.45, 7) is 1.39. The summed E-state index contributed by atoms with van der Waals surface area (Å²) in [6, 6.07) is 6.95. The Bertz CT molecular complexity index is 628. The van der Waals surface area contributed by atoms with Crippen LogP contribution in [0.2, 0.25) is 0 Å². The van der Waals surface area contributed by atoms with E-state index in [1.165, 1.54) is 0 Å². The summed E-state index contributed by atoms with van der Waals surface area (Å²) >= 11 is 0. The Morgan fingerprint density at radius 2 is 1.85 bits per heavy atom. The number of aromatic nitrogens is 3. The van der Waals surface area contributed by atoms with Gasteiger partial charge in [0.25, 0.3) is 0 Å². The van der Waals surface area contributed by atoms with Crippen molar-refractivity contribution in [2.75, 3.05) is 13.1 Å². The largest absolute Gasteiger partial charge is 0.508 e. The Balaban J connectivity index is -0.00000144. The van der Waals surface area contributed by atoms with Crippen molar-refractivity contribution in [2.45, 2.75) is 39.7 Å². The normalized spacial score (nSPS) is 9.07. The molecular formula is C17H28ClCmCoN5O2. The van der Waals surface area contributed by atoms with Gasteiger partial charge in [0.15, 0.2) is 0 Å². The van der Waals surface area contributed by atoms with Gasteiger partial charge in [0.05, 0.1) is 5.69 Å². The summed E-state index contributed by atoms with van der Waals surface area (Å²) in [5, 5.41) is 20.1. The van der Waals surface area contributed by atoms with Crippen LogP contribution >= 0.6 is 12.4 Å². The van der Waals surface area contributed by atoms with Crippen LogP contribution in [0.15, 0.2) is 30.5 Å². The molecule has 1 radical (unpaired) electrons. The maximum Gasteiger partial charge on any atom is 0.241 e. The molecule has 7 nitrogen and oxygen atoms in total. The van der Waals surface area contributed by atoms with Crippen LogP contribution in [0.3, 0.4) is 0 Å². The van der Waals surface area contributed by atoms with Crippen molar-refractivity contribution < 1.29 is 26.7 Å².